The van der Waals surface area contributed by atoms with Crippen LogP contribution in [-0.2, 0) is 27.5 Å². The van der Waals surface area contributed by atoms with Gasteiger partial charge < -0.3 is 21.5 Å². The number of likely N-dealkylation sites (N-methyl/N-ethyl adjacent to an activating group) is 1. The van der Waals surface area contributed by atoms with Gasteiger partial charge in [0, 0.05) is 25.7 Å². The molecule has 10 nitrogen and oxygen atoms in total. The van der Waals surface area contributed by atoms with Crippen LogP contribution in [0.15, 0.2) is 48.5 Å². The number of hydrogen-bond acceptors (Lipinski definition) is 6. The average molecular weight is 506 g/mol. The minimum Gasteiger partial charge on any atom is -0.475 e. The molecule has 0 aliphatic carbocycles. The third kappa shape index (κ3) is 6.79. The summed E-state index contributed by atoms with van der Waals surface area (Å²) in [5.41, 5.74) is 7.72. The van der Waals surface area contributed by atoms with Gasteiger partial charge in [-0.2, -0.15) is 18.3 Å². The molecule has 1 aromatic heterocycles. The molecule has 2 heterocycles. The summed E-state index contributed by atoms with van der Waals surface area (Å²) in [4.78, 5) is 35.9. The smallest absolute Gasteiger partial charge is 0.475 e. The van der Waals surface area contributed by atoms with Gasteiger partial charge in [-0.1, -0.05) is 36.4 Å². The van der Waals surface area contributed by atoms with Gasteiger partial charge in [0.25, 0.3) is 0 Å². The minimum atomic E-state index is -5.08. The van der Waals surface area contributed by atoms with E-state index >= 15 is 0 Å². The Morgan fingerprint density at radius 2 is 1.75 bits per heavy atom. The lowest BCUT2D eigenvalue weighted by molar-refractivity contribution is -0.192. The third-order valence-electron chi connectivity index (χ3n) is 5.40. The number of nitrogens with two attached hydrogens (primary N) is 1. The van der Waals surface area contributed by atoms with E-state index in [2.05, 4.69) is 20.6 Å². The molecule has 4 rings (SSSR count). The van der Waals surface area contributed by atoms with E-state index in [0.29, 0.717) is 5.82 Å². The van der Waals surface area contributed by atoms with Gasteiger partial charge in [0.2, 0.25) is 0 Å². The number of halogens is 3. The lowest BCUT2D eigenvalue weighted by Gasteiger charge is -2.22. The van der Waals surface area contributed by atoms with E-state index in [1.54, 1.807) is 6.07 Å². The quantitative estimate of drug-likeness (QED) is 0.396. The summed E-state index contributed by atoms with van der Waals surface area (Å²) in [5, 5.41) is 18.9. The zero-order chi connectivity index (χ0) is 26.5. The van der Waals surface area contributed by atoms with Crippen LogP contribution in [0.3, 0.4) is 0 Å². The first-order valence-electron chi connectivity index (χ1n) is 10.8. The molecule has 36 heavy (non-hydrogen) atoms. The molecule has 0 bridgehead atoms. The number of nitrogens with zero attached hydrogens (tertiary/aromatic N) is 3. The second-order valence-electron chi connectivity index (χ2n) is 8.11. The number of carbonyl (C=O) groups excluding carboxylic acids is 2. The second kappa shape index (κ2) is 11.2. The maximum Gasteiger partial charge on any atom is 0.490 e. The number of rotatable bonds is 4. The summed E-state index contributed by atoms with van der Waals surface area (Å²) < 4.78 is 33.6. The predicted molar refractivity (Wildman–Crippen MR) is 125 cm³/mol. The number of carboxylic acids is 1. The lowest BCUT2D eigenvalue weighted by atomic mass is 10.0. The fraction of sp³-hybridized carbons (Fsp3) is 0.304. The van der Waals surface area contributed by atoms with Crippen molar-refractivity contribution in [1.29, 1.82) is 0 Å². The highest BCUT2D eigenvalue weighted by Gasteiger charge is 2.38. The van der Waals surface area contributed by atoms with Crippen LogP contribution < -0.4 is 16.4 Å². The summed E-state index contributed by atoms with van der Waals surface area (Å²) in [6, 6.07) is 15.2. The zero-order valence-electron chi connectivity index (χ0n) is 19.2. The number of aliphatic carboxylic acids is 1. The Hall–Kier alpha value is -3.97. The molecule has 1 atom stereocenters. The molecule has 13 heteroatoms. The summed E-state index contributed by atoms with van der Waals surface area (Å²) in [5.74, 6) is -3.87. The van der Waals surface area contributed by atoms with Gasteiger partial charge in [0.05, 0.1) is 18.3 Å². The Labute approximate surface area is 203 Å². The Bertz CT molecular complexity index is 1260. The van der Waals surface area contributed by atoms with Crippen LogP contribution >= 0.6 is 0 Å². The Morgan fingerprint density at radius 1 is 1.08 bits per heavy atom. The van der Waals surface area contributed by atoms with Crippen molar-refractivity contribution in [2.24, 2.45) is 5.73 Å². The van der Waals surface area contributed by atoms with Crippen molar-refractivity contribution < 1.29 is 32.7 Å². The maximum atomic E-state index is 12.4. The Kier molecular flexibility index (Phi) is 8.27. The third-order valence-corrected chi connectivity index (χ3v) is 5.40. The van der Waals surface area contributed by atoms with E-state index in [9.17, 15) is 22.8 Å². The number of aromatic nitrogens is 2. The van der Waals surface area contributed by atoms with Gasteiger partial charge in [0.15, 0.2) is 5.82 Å². The largest absolute Gasteiger partial charge is 0.490 e. The second-order valence-corrected chi connectivity index (χ2v) is 8.11. The summed E-state index contributed by atoms with van der Waals surface area (Å²) in [6.45, 7) is 2.59. The average Bonchev–Trinajstić information content (AvgIpc) is 3.23. The predicted octanol–water partition coefficient (Wildman–Crippen LogP) is 1.87. The van der Waals surface area contributed by atoms with Crippen molar-refractivity contribution in [3.8, 4) is 0 Å². The molecule has 0 radical (unpaired) electrons. The van der Waals surface area contributed by atoms with Crippen molar-refractivity contribution in [3.05, 3.63) is 59.8 Å². The number of alkyl halides is 3. The molecule has 1 aliphatic heterocycles. The van der Waals surface area contributed by atoms with E-state index in [0.717, 1.165) is 41.7 Å². The maximum absolute atomic E-state index is 12.4. The molecule has 192 valence electrons. The number of nitrogens with one attached hydrogen (secondary N) is 2. The van der Waals surface area contributed by atoms with Gasteiger partial charge in [0.1, 0.15) is 0 Å². The first-order chi connectivity index (χ1) is 17.0. The lowest BCUT2D eigenvalue weighted by Crippen LogP contribution is -2.40. The monoisotopic (exact) mass is 506 g/mol. The molecular formula is C23H25F3N6O4. The van der Waals surface area contributed by atoms with Crippen molar-refractivity contribution in [3.63, 3.8) is 0 Å². The van der Waals surface area contributed by atoms with E-state index in [1.165, 1.54) is 0 Å². The van der Waals surface area contributed by atoms with Crippen LogP contribution in [-0.4, -0.2) is 63.9 Å². The highest BCUT2D eigenvalue weighted by Crippen LogP contribution is 2.20. The number of hydrogen-bond donors (Lipinski definition) is 4. The van der Waals surface area contributed by atoms with Crippen LogP contribution in [0, 0.1) is 0 Å². The molecule has 1 aliphatic rings. The van der Waals surface area contributed by atoms with Gasteiger partial charge in [-0.3, -0.25) is 19.2 Å². The molecule has 2 amide bonds. The van der Waals surface area contributed by atoms with E-state index in [-0.39, 0.29) is 6.54 Å². The highest BCUT2D eigenvalue weighted by atomic mass is 19.4. The van der Waals surface area contributed by atoms with Crippen LogP contribution in [0.5, 0.6) is 0 Å². The Balaban J connectivity index is 0.000000454. The molecule has 5 N–H and O–H groups in total. The first kappa shape index (κ1) is 26.6. The number of carbonyl (C=O) groups is 3. The van der Waals surface area contributed by atoms with Crippen molar-refractivity contribution >= 4 is 34.4 Å². The summed E-state index contributed by atoms with van der Waals surface area (Å²) in [6.07, 6.45) is -5.08. The van der Waals surface area contributed by atoms with Gasteiger partial charge in [-0.25, -0.2) is 4.79 Å². The number of amides is 2. The van der Waals surface area contributed by atoms with Gasteiger partial charge in [-0.05, 0) is 29.4 Å². The fourth-order valence-electron chi connectivity index (χ4n) is 3.56. The van der Waals surface area contributed by atoms with E-state index in [4.69, 9.17) is 15.6 Å². The normalized spacial score (nSPS) is 14.2. The molecule has 0 saturated carbocycles. The first-order valence-corrected chi connectivity index (χ1v) is 10.8. The van der Waals surface area contributed by atoms with Gasteiger partial charge in [-0.15, -0.1) is 0 Å². The minimum absolute atomic E-state index is 0.183. The van der Waals surface area contributed by atoms with Crippen molar-refractivity contribution in [2.75, 3.05) is 25.5 Å². The molecule has 0 spiro atoms. The SMILES string of the molecule is CN1CCn2nc(NC(=O)C(=O)NC(CN)c3ccc4ccccc4c3)cc2C1.O=C(O)C(F)(F)F. The van der Waals surface area contributed by atoms with Crippen LogP contribution in [0.2, 0.25) is 0 Å². The molecule has 0 fully saturated rings. The van der Waals surface area contributed by atoms with Crippen LogP contribution in [0.4, 0.5) is 19.0 Å². The van der Waals surface area contributed by atoms with Crippen molar-refractivity contribution in [2.45, 2.75) is 25.3 Å². The van der Waals surface area contributed by atoms with E-state index < -0.39 is 30.0 Å². The van der Waals surface area contributed by atoms with Gasteiger partial charge >= 0.3 is 24.0 Å². The fourth-order valence-corrected chi connectivity index (χ4v) is 3.56. The number of carboxylic acid groups (broad SMARTS) is 1. The molecule has 3 aromatic rings. The zero-order valence-corrected chi connectivity index (χ0v) is 19.2. The molecule has 2 aromatic carbocycles. The highest BCUT2D eigenvalue weighted by molar-refractivity contribution is 6.39. The van der Waals surface area contributed by atoms with E-state index in [1.807, 2.05) is 54.2 Å². The number of benzene rings is 2. The standard InChI is InChI=1S/C21H24N6O2.C2HF3O2/c1-26-8-9-27-17(13-26)11-19(25-27)24-21(29)20(28)23-18(12-22)16-7-6-14-4-2-3-5-15(14)10-16;3-2(4,5)1(6)7/h2-7,10-11,18H,8-9,12-13,22H2,1H3,(H,23,28)(H,24,25,29);(H,6,7). The van der Waals surface area contributed by atoms with Crippen LogP contribution in [0.1, 0.15) is 17.3 Å². The Morgan fingerprint density at radius 3 is 2.39 bits per heavy atom. The summed E-state index contributed by atoms with van der Waals surface area (Å²) >= 11 is 0. The summed E-state index contributed by atoms with van der Waals surface area (Å²) in [7, 11) is 2.03. The molecule has 0 saturated heterocycles. The number of fused-ring (bicyclic) bond motifs is 2. The molecular weight excluding hydrogens is 481 g/mol. The van der Waals surface area contributed by atoms with Crippen LogP contribution in [0.25, 0.3) is 10.8 Å². The topological polar surface area (TPSA) is 143 Å². The van der Waals surface area contributed by atoms with Crippen molar-refractivity contribution in [1.82, 2.24) is 20.0 Å². The number of anilines is 1. The molecule has 1 unspecified atom stereocenters.